The molecule has 0 spiro atoms. The summed E-state index contributed by atoms with van der Waals surface area (Å²) < 4.78 is 4.95. The molecule has 1 aromatic carbocycles. The van der Waals surface area contributed by atoms with Crippen molar-refractivity contribution in [2.75, 3.05) is 0 Å². The lowest BCUT2D eigenvalue weighted by Crippen LogP contribution is -2.04. The van der Waals surface area contributed by atoms with Crippen LogP contribution < -0.4 is 0 Å². The summed E-state index contributed by atoms with van der Waals surface area (Å²) in [6.07, 6.45) is 6.03. The Labute approximate surface area is 127 Å². The molecule has 21 heavy (non-hydrogen) atoms. The first-order valence-electron chi connectivity index (χ1n) is 7.14. The summed E-state index contributed by atoms with van der Waals surface area (Å²) in [6.45, 7) is 7.59. The van der Waals surface area contributed by atoms with Gasteiger partial charge >= 0.3 is 5.97 Å². The molecular formula is C17H25NO3. The molecule has 0 bridgehead atoms. The van der Waals surface area contributed by atoms with Crippen LogP contribution in [0.5, 0.6) is 0 Å². The molecule has 0 aromatic heterocycles. The summed E-state index contributed by atoms with van der Waals surface area (Å²) in [6, 6.07) is 9.55. The lowest BCUT2D eigenvalue weighted by molar-refractivity contribution is -0.140. The van der Waals surface area contributed by atoms with E-state index in [1.165, 1.54) is 19.1 Å². The highest BCUT2D eigenvalue weighted by atomic mass is 16.5. The van der Waals surface area contributed by atoms with Crippen molar-refractivity contribution in [2.45, 2.75) is 46.1 Å². The molecule has 1 aromatic rings. The average Bonchev–Trinajstić information content (AvgIpc) is 2.51. The zero-order chi connectivity index (χ0) is 15.9. The summed E-state index contributed by atoms with van der Waals surface area (Å²) in [5.41, 5.74) is 1.41. The van der Waals surface area contributed by atoms with Gasteiger partial charge in [-0.15, -0.1) is 5.16 Å². The first-order chi connectivity index (χ1) is 10.1. The highest BCUT2D eigenvalue weighted by Crippen LogP contribution is 2.02. The number of carbonyl (C=O) groups excluding carboxylic acids is 1. The summed E-state index contributed by atoms with van der Waals surface area (Å²) in [5, 5.41) is 10.8. The third-order valence-corrected chi connectivity index (χ3v) is 2.58. The van der Waals surface area contributed by atoms with Gasteiger partial charge in [0.25, 0.3) is 0 Å². The van der Waals surface area contributed by atoms with E-state index in [1.807, 2.05) is 30.3 Å². The van der Waals surface area contributed by atoms with Gasteiger partial charge in [-0.3, -0.25) is 0 Å². The second-order valence-electron chi connectivity index (χ2n) is 4.64. The van der Waals surface area contributed by atoms with Gasteiger partial charge in [0.2, 0.25) is 0 Å². The molecule has 0 atom stereocenters. The lowest BCUT2D eigenvalue weighted by atomic mass is 10.2. The van der Waals surface area contributed by atoms with E-state index in [1.54, 1.807) is 6.92 Å². The molecular weight excluding hydrogens is 266 g/mol. The number of unbranched alkanes of at least 4 members (excludes halogenated alkanes) is 3. The van der Waals surface area contributed by atoms with E-state index < -0.39 is 0 Å². The molecule has 0 saturated heterocycles. The maximum atomic E-state index is 11.0. The number of rotatable bonds is 7. The second kappa shape index (κ2) is 12.9. The quantitative estimate of drug-likeness (QED) is 0.203. The Morgan fingerprint density at radius 1 is 1.33 bits per heavy atom. The number of benzene rings is 1. The minimum absolute atomic E-state index is 0.312. The van der Waals surface area contributed by atoms with Crippen LogP contribution in [0.4, 0.5) is 0 Å². The van der Waals surface area contributed by atoms with Gasteiger partial charge in [-0.2, -0.15) is 0 Å². The highest BCUT2D eigenvalue weighted by Gasteiger charge is 2.02. The van der Waals surface area contributed by atoms with Crippen LogP contribution in [-0.4, -0.2) is 17.4 Å². The average molecular weight is 291 g/mol. The van der Waals surface area contributed by atoms with E-state index in [0.29, 0.717) is 12.2 Å². The first kappa shape index (κ1) is 18.9. The van der Waals surface area contributed by atoms with Crippen LogP contribution in [-0.2, 0) is 16.1 Å². The standard InChI is InChI=1S/C11H12O2.C6H13NO/c1-9(2)11(12)13-8-10-6-4-3-5-7-10;1-2-3-4-5-6-7-8/h3-7H,1,8H2,2H3;6,8H,2-5H2,1H3. The zero-order valence-corrected chi connectivity index (χ0v) is 12.9. The van der Waals surface area contributed by atoms with Gasteiger partial charge in [-0.25, -0.2) is 4.79 Å². The number of hydrogen-bond donors (Lipinski definition) is 1. The fourth-order valence-electron chi connectivity index (χ4n) is 1.39. The third-order valence-electron chi connectivity index (χ3n) is 2.58. The van der Waals surface area contributed by atoms with E-state index in [-0.39, 0.29) is 5.97 Å². The van der Waals surface area contributed by atoms with Crippen molar-refractivity contribution in [2.24, 2.45) is 5.16 Å². The molecule has 0 aliphatic rings. The van der Waals surface area contributed by atoms with Crippen LogP contribution >= 0.6 is 0 Å². The maximum absolute atomic E-state index is 11.0. The molecule has 1 N–H and O–H groups in total. The van der Waals surface area contributed by atoms with Crippen LogP contribution in [0, 0.1) is 0 Å². The van der Waals surface area contributed by atoms with E-state index in [9.17, 15) is 4.79 Å². The van der Waals surface area contributed by atoms with Crippen molar-refractivity contribution in [3.63, 3.8) is 0 Å². The van der Waals surface area contributed by atoms with Crippen molar-refractivity contribution >= 4 is 12.2 Å². The molecule has 4 nitrogen and oxygen atoms in total. The van der Waals surface area contributed by atoms with Gasteiger partial charge in [0.1, 0.15) is 6.61 Å². The molecule has 0 amide bonds. The van der Waals surface area contributed by atoms with E-state index in [4.69, 9.17) is 9.94 Å². The predicted octanol–water partition coefficient (Wildman–Crippen LogP) is 4.33. The van der Waals surface area contributed by atoms with Crippen molar-refractivity contribution in [1.29, 1.82) is 0 Å². The Balaban J connectivity index is 0.000000433. The molecule has 0 radical (unpaired) electrons. The van der Waals surface area contributed by atoms with E-state index in [2.05, 4.69) is 18.7 Å². The molecule has 0 saturated carbocycles. The van der Waals surface area contributed by atoms with Crippen molar-refractivity contribution in [1.82, 2.24) is 0 Å². The topological polar surface area (TPSA) is 58.9 Å². The fraction of sp³-hybridized carbons (Fsp3) is 0.412. The van der Waals surface area contributed by atoms with E-state index >= 15 is 0 Å². The van der Waals surface area contributed by atoms with Gasteiger partial charge in [-0.05, 0) is 25.3 Å². The Kier molecular flexibility index (Phi) is 11.6. The predicted molar refractivity (Wildman–Crippen MR) is 85.5 cm³/mol. The van der Waals surface area contributed by atoms with Crippen LogP contribution in [0.3, 0.4) is 0 Å². The fourth-order valence-corrected chi connectivity index (χ4v) is 1.39. The second-order valence-corrected chi connectivity index (χ2v) is 4.64. The Morgan fingerprint density at radius 3 is 2.52 bits per heavy atom. The number of carbonyl (C=O) groups is 1. The molecule has 0 aliphatic heterocycles. The van der Waals surface area contributed by atoms with E-state index in [0.717, 1.165) is 18.4 Å². The van der Waals surface area contributed by atoms with Gasteiger partial charge in [-0.1, -0.05) is 56.7 Å². The Morgan fingerprint density at radius 2 is 2.00 bits per heavy atom. The van der Waals surface area contributed by atoms with Crippen LogP contribution in [0.2, 0.25) is 0 Å². The summed E-state index contributed by atoms with van der Waals surface area (Å²) in [5.74, 6) is -0.344. The highest BCUT2D eigenvalue weighted by molar-refractivity contribution is 5.86. The van der Waals surface area contributed by atoms with Crippen molar-refractivity contribution in [3.05, 3.63) is 48.0 Å². The molecule has 116 valence electrons. The number of hydrogen-bond acceptors (Lipinski definition) is 4. The Bertz CT molecular complexity index is 427. The van der Waals surface area contributed by atoms with Crippen LogP contribution in [0.25, 0.3) is 0 Å². The van der Waals surface area contributed by atoms with Crippen LogP contribution in [0.1, 0.15) is 45.1 Å². The molecule has 4 heteroatoms. The van der Waals surface area contributed by atoms with Gasteiger partial charge in [0.15, 0.2) is 0 Å². The Hall–Kier alpha value is -2.10. The normalized spacial score (nSPS) is 9.81. The third kappa shape index (κ3) is 11.4. The monoisotopic (exact) mass is 291 g/mol. The van der Waals surface area contributed by atoms with Crippen molar-refractivity contribution < 1.29 is 14.7 Å². The first-order valence-corrected chi connectivity index (χ1v) is 7.14. The molecule has 0 heterocycles. The summed E-state index contributed by atoms with van der Waals surface area (Å²) >= 11 is 0. The smallest absolute Gasteiger partial charge is 0.333 e. The number of nitrogens with zero attached hydrogens (tertiary/aromatic N) is 1. The molecule has 0 aliphatic carbocycles. The number of esters is 1. The SMILES string of the molecule is C=C(C)C(=O)OCc1ccccc1.CCCCCC=NO. The maximum Gasteiger partial charge on any atom is 0.333 e. The lowest BCUT2D eigenvalue weighted by Gasteiger charge is -2.03. The van der Waals surface area contributed by atoms with Crippen LogP contribution in [0.15, 0.2) is 47.6 Å². The zero-order valence-electron chi connectivity index (χ0n) is 12.9. The minimum atomic E-state index is -0.344. The molecule has 0 unspecified atom stereocenters. The van der Waals surface area contributed by atoms with Gasteiger partial charge in [0, 0.05) is 11.8 Å². The minimum Gasteiger partial charge on any atom is -0.457 e. The molecule has 0 fully saturated rings. The van der Waals surface area contributed by atoms with Crippen molar-refractivity contribution in [3.8, 4) is 0 Å². The van der Waals surface area contributed by atoms with Gasteiger partial charge < -0.3 is 9.94 Å². The molecule has 1 rings (SSSR count). The summed E-state index contributed by atoms with van der Waals surface area (Å²) in [4.78, 5) is 11.0. The largest absolute Gasteiger partial charge is 0.457 e. The number of oxime groups is 1. The number of ether oxygens (including phenoxy) is 1. The summed E-state index contributed by atoms with van der Waals surface area (Å²) in [7, 11) is 0. The van der Waals surface area contributed by atoms with Gasteiger partial charge in [0.05, 0.1) is 0 Å².